The summed E-state index contributed by atoms with van der Waals surface area (Å²) in [5.41, 5.74) is 0. The average Bonchev–Trinajstić information content (AvgIpc) is 2.30. The molecule has 0 spiro atoms. The number of alkyl halides is 6. The molecule has 0 aromatic carbocycles. The second kappa shape index (κ2) is 8.65. The third-order valence-corrected chi connectivity index (χ3v) is 4.10. The van der Waals surface area contributed by atoms with Crippen molar-refractivity contribution in [1.82, 2.24) is 4.72 Å². The van der Waals surface area contributed by atoms with Gasteiger partial charge in [-0.2, -0.15) is 26.3 Å². The van der Waals surface area contributed by atoms with Crippen molar-refractivity contribution < 1.29 is 44.1 Å². The maximum absolute atomic E-state index is 12.2. The number of rotatable bonds is 10. The van der Waals surface area contributed by atoms with Crippen molar-refractivity contribution in [3.63, 3.8) is 0 Å². The van der Waals surface area contributed by atoms with Gasteiger partial charge in [-0.1, -0.05) is 0 Å². The van der Waals surface area contributed by atoms with Crippen molar-refractivity contribution in [1.29, 1.82) is 0 Å². The Morgan fingerprint density at radius 1 is 1.08 bits per heavy atom. The van der Waals surface area contributed by atoms with Gasteiger partial charge in [0.05, 0.1) is 26.4 Å². The third kappa shape index (κ3) is 11.0. The molecule has 0 aliphatic heterocycles. The highest BCUT2D eigenvalue weighted by molar-refractivity contribution is 7.89. The number of ether oxygens (including phenoxy) is 1. The highest BCUT2D eigenvalue weighted by Gasteiger charge is 2.57. The maximum Gasteiger partial charge on any atom is 0.423 e. The fourth-order valence-corrected chi connectivity index (χ4v) is 2.68. The van der Waals surface area contributed by atoms with Crippen LogP contribution in [0.15, 0.2) is 0 Å². The van der Waals surface area contributed by atoms with Crippen LogP contribution in [-0.2, 0) is 14.8 Å². The minimum atomic E-state index is -5.63. The molecule has 0 saturated heterocycles. The number of hydrogen-bond acceptors (Lipinski definition) is 4. The summed E-state index contributed by atoms with van der Waals surface area (Å²) in [6, 6.07) is 0. The Labute approximate surface area is 136 Å². The topological polar surface area (TPSA) is 78.5 Å². The van der Waals surface area contributed by atoms with Crippen molar-refractivity contribution in [3.8, 4) is 0 Å². The Hall–Kier alpha value is -0.630. The molecule has 0 aromatic rings. The van der Waals surface area contributed by atoms with E-state index in [0.29, 0.717) is 0 Å². The molecule has 0 aromatic heterocycles. The Morgan fingerprint density at radius 2 is 1.58 bits per heavy atom. The first-order valence-corrected chi connectivity index (χ1v) is 8.46. The van der Waals surface area contributed by atoms with Gasteiger partial charge in [-0.05, 0) is 6.42 Å². The Bertz CT molecular complexity index is 458. The summed E-state index contributed by atoms with van der Waals surface area (Å²) in [5.74, 6) is -0.689. The zero-order valence-corrected chi connectivity index (χ0v) is 13.9. The van der Waals surface area contributed by atoms with Crippen LogP contribution in [0.1, 0.15) is 12.8 Å². The number of halogens is 6. The van der Waals surface area contributed by atoms with Crippen molar-refractivity contribution in [2.75, 3.05) is 39.5 Å². The summed E-state index contributed by atoms with van der Waals surface area (Å²) in [4.78, 5) is 0. The molecule has 146 valence electrons. The van der Waals surface area contributed by atoms with Gasteiger partial charge in [0.2, 0.25) is 16.1 Å². The second-order valence-corrected chi connectivity index (χ2v) is 7.48. The van der Waals surface area contributed by atoms with Crippen molar-refractivity contribution in [2.24, 2.45) is 0 Å². The minimum Gasteiger partial charge on any atom is -0.633 e. The van der Waals surface area contributed by atoms with Crippen LogP contribution < -0.4 is 4.72 Å². The van der Waals surface area contributed by atoms with Crippen molar-refractivity contribution in [2.45, 2.75) is 31.3 Å². The minimum absolute atomic E-state index is 0.0547. The van der Waals surface area contributed by atoms with Crippen LogP contribution in [0.2, 0.25) is 0 Å². The molecule has 0 unspecified atom stereocenters. The van der Waals surface area contributed by atoms with E-state index < -0.39 is 51.9 Å². The van der Waals surface area contributed by atoms with Crippen LogP contribution in [0.25, 0.3) is 0 Å². The largest absolute Gasteiger partial charge is 0.633 e. The highest BCUT2D eigenvalue weighted by atomic mass is 32.2. The van der Waals surface area contributed by atoms with Gasteiger partial charge in [-0.15, -0.1) is 0 Å². The van der Waals surface area contributed by atoms with E-state index >= 15 is 0 Å². The van der Waals surface area contributed by atoms with Crippen LogP contribution in [0.4, 0.5) is 26.3 Å². The normalized spacial score (nSPS) is 14.4. The van der Waals surface area contributed by atoms with Gasteiger partial charge in [-0.25, -0.2) is 13.1 Å². The zero-order valence-electron chi connectivity index (χ0n) is 13.1. The Kier molecular flexibility index (Phi) is 8.42. The molecule has 1 N–H and O–H groups in total. The second-order valence-electron chi connectivity index (χ2n) is 5.55. The monoisotopic (exact) mass is 390 g/mol. The molecule has 0 rings (SSSR count). The lowest BCUT2D eigenvalue weighted by atomic mass is 10.3. The number of sulfonamides is 1. The molecule has 0 saturated carbocycles. The van der Waals surface area contributed by atoms with E-state index in [-0.39, 0.29) is 19.5 Å². The standard InChI is InChI=1S/C11H20F6N2O4S/c1-19(2,20)6-3-5-18-24(21,22)8-4-7-23-9(10(12,13)14)11(15,16)17/h9,18H,3-8H2,1-2H3. The summed E-state index contributed by atoms with van der Waals surface area (Å²) >= 11 is 0. The quantitative estimate of drug-likeness (QED) is 0.267. The molecule has 24 heavy (non-hydrogen) atoms. The van der Waals surface area contributed by atoms with E-state index in [1.165, 1.54) is 14.1 Å². The molecular weight excluding hydrogens is 370 g/mol. The number of hydroxylamine groups is 3. The SMILES string of the molecule is C[N+](C)([O-])CCCNS(=O)(=O)CCCOC(C(F)(F)F)C(F)(F)F. The lowest BCUT2D eigenvalue weighted by molar-refractivity contribution is -0.840. The van der Waals surface area contributed by atoms with E-state index in [0.717, 1.165) is 0 Å². The summed E-state index contributed by atoms with van der Waals surface area (Å²) in [7, 11) is -1.14. The molecule has 0 aliphatic rings. The molecule has 0 atom stereocenters. The average molecular weight is 390 g/mol. The van der Waals surface area contributed by atoms with Crippen LogP contribution in [0, 0.1) is 5.21 Å². The van der Waals surface area contributed by atoms with Crippen LogP contribution in [0.3, 0.4) is 0 Å². The van der Waals surface area contributed by atoms with Gasteiger partial charge >= 0.3 is 12.4 Å². The predicted octanol–water partition coefficient (Wildman–Crippen LogP) is 1.77. The first kappa shape index (κ1) is 23.4. The fraction of sp³-hybridized carbons (Fsp3) is 1.00. The molecule has 0 aliphatic carbocycles. The van der Waals surface area contributed by atoms with Gasteiger partial charge < -0.3 is 14.6 Å². The van der Waals surface area contributed by atoms with E-state index in [4.69, 9.17) is 0 Å². The molecule has 13 heteroatoms. The van der Waals surface area contributed by atoms with Crippen LogP contribution in [-0.4, -0.2) is 71.1 Å². The van der Waals surface area contributed by atoms with E-state index in [1.807, 2.05) is 0 Å². The first-order valence-electron chi connectivity index (χ1n) is 6.81. The smallest absolute Gasteiger partial charge is 0.423 e. The highest BCUT2D eigenvalue weighted by Crippen LogP contribution is 2.35. The van der Waals surface area contributed by atoms with Gasteiger partial charge in [0.1, 0.15) is 0 Å². The van der Waals surface area contributed by atoms with Crippen molar-refractivity contribution in [3.05, 3.63) is 5.21 Å². The molecule has 0 heterocycles. The van der Waals surface area contributed by atoms with Gasteiger partial charge in [-0.3, -0.25) is 0 Å². The predicted molar refractivity (Wildman–Crippen MR) is 73.2 cm³/mol. The summed E-state index contributed by atoms with van der Waals surface area (Å²) < 4.78 is 101. The number of nitrogens with one attached hydrogen (secondary N) is 1. The number of quaternary nitrogens is 1. The van der Waals surface area contributed by atoms with Gasteiger partial charge in [0.25, 0.3) is 0 Å². The van der Waals surface area contributed by atoms with Crippen LogP contribution in [0.5, 0.6) is 0 Å². The number of hydrogen-bond donors (Lipinski definition) is 1. The molecule has 0 amide bonds. The van der Waals surface area contributed by atoms with Gasteiger partial charge in [0.15, 0.2) is 0 Å². The molecular formula is C11H20F6N2O4S. The van der Waals surface area contributed by atoms with E-state index in [1.54, 1.807) is 0 Å². The lowest BCUT2D eigenvalue weighted by Gasteiger charge is -2.33. The van der Waals surface area contributed by atoms with Gasteiger partial charge in [0, 0.05) is 19.6 Å². The summed E-state index contributed by atoms with van der Waals surface area (Å²) in [6.07, 6.45) is -15.5. The number of nitrogens with zero attached hydrogens (tertiary/aromatic N) is 1. The van der Waals surface area contributed by atoms with E-state index in [9.17, 15) is 40.0 Å². The van der Waals surface area contributed by atoms with E-state index in [2.05, 4.69) is 9.46 Å². The Morgan fingerprint density at radius 3 is 2.00 bits per heavy atom. The van der Waals surface area contributed by atoms with Crippen molar-refractivity contribution >= 4 is 10.0 Å². The summed E-state index contributed by atoms with van der Waals surface area (Å²) in [5, 5.41) is 11.2. The Balaban J connectivity index is 4.21. The third-order valence-electron chi connectivity index (χ3n) is 2.63. The molecule has 0 radical (unpaired) electrons. The summed E-state index contributed by atoms with van der Waals surface area (Å²) in [6.45, 7) is -0.930. The fourth-order valence-electron chi connectivity index (χ4n) is 1.58. The van der Waals surface area contributed by atoms with Crippen LogP contribution >= 0.6 is 0 Å². The zero-order chi connectivity index (χ0) is 19.2. The lowest BCUT2D eigenvalue weighted by Crippen LogP contribution is -2.44. The maximum atomic E-state index is 12.2. The molecule has 6 nitrogen and oxygen atoms in total. The molecule has 0 fully saturated rings. The molecule has 0 bridgehead atoms. The first-order chi connectivity index (χ1) is 10.5.